The Kier molecular flexibility index (Phi) is 8.23. The van der Waals surface area contributed by atoms with Gasteiger partial charge in [0.2, 0.25) is 0 Å². The van der Waals surface area contributed by atoms with Gasteiger partial charge < -0.3 is 9.47 Å². The van der Waals surface area contributed by atoms with Crippen molar-refractivity contribution in [3.63, 3.8) is 0 Å². The second-order valence-electron chi connectivity index (χ2n) is 5.69. The van der Waals surface area contributed by atoms with Gasteiger partial charge >= 0.3 is 0 Å². The van der Waals surface area contributed by atoms with Gasteiger partial charge in [-0.25, -0.2) is 5.48 Å². The fourth-order valence-electron chi connectivity index (χ4n) is 2.20. The van der Waals surface area contributed by atoms with Crippen LogP contribution in [0, 0.1) is 0 Å². The van der Waals surface area contributed by atoms with Crippen LogP contribution in [0.3, 0.4) is 0 Å². The number of amides is 1. The molecule has 0 radical (unpaired) electrons. The van der Waals surface area contributed by atoms with Crippen LogP contribution in [0.25, 0.3) is 6.08 Å². The lowest BCUT2D eigenvalue weighted by Crippen LogP contribution is -2.21. The van der Waals surface area contributed by atoms with Gasteiger partial charge in [0.1, 0.15) is 0 Å². The zero-order valence-electron chi connectivity index (χ0n) is 15.2. The van der Waals surface area contributed by atoms with Gasteiger partial charge in [0.15, 0.2) is 11.5 Å². The maximum absolute atomic E-state index is 11.8. The molecular weight excluding hydrogens is 330 g/mol. The summed E-state index contributed by atoms with van der Waals surface area (Å²) in [7, 11) is 1.60. The van der Waals surface area contributed by atoms with Crippen LogP contribution in [0.4, 0.5) is 0 Å². The summed E-state index contributed by atoms with van der Waals surface area (Å²) in [5.74, 6) is 1.01. The zero-order chi connectivity index (χ0) is 18.6. The first-order valence-corrected chi connectivity index (χ1v) is 8.67. The molecule has 0 bridgehead atoms. The van der Waals surface area contributed by atoms with Gasteiger partial charge in [-0.1, -0.05) is 49.7 Å². The highest BCUT2D eigenvalue weighted by Crippen LogP contribution is 2.28. The van der Waals surface area contributed by atoms with E-state index >= 15 is 0 Å². The van der Waals surface area contributed by atoms with Crippen LogP contribution in [0.1, 0.15) is 30.9 Å². The molecule has 0 atom stereocenters. The quantitative estimate of drug-likeness (QED) is 0.395. The van der Waals surface area contributed by atoms with Crippen molar-refractivity contribution in [1.82, 2.24) is 5.48 Å². The standard InChI is InChI=1S/C21H25NO4/c1-3-4-14-25-19-12-10-17(15-20(19)24-2)11-13-21(23)22-26-16-18-8-6-5-7-9-18/h5-13,15H,3-4,14,16H2,1-2H3,(H,22,23)/b13-11+. The Morgan fingerprint density at radius 2 is 1.92 bits per heavy atom. The molecule has 1 N–H and O–H groups in total. The topological polar surface area (TPSA) is 56.8 Å². The fourth-order valence-corrected chi connectivity index (χ4v) is 2.20. The minimum absolute atomic E-state index is 0.317. The summed E-state index contributed by atoms with van der Waals surface area (Å²) in [5, 5.41) is 0. The molecule has 0 spiro atoms. The molecule has 5 heteroatoms. The lowest BCUT2D eigenvalue weighted by molar-refractivity contribution is -0.129. The SMILES string of the molecule is CCCCOc1ccc(/C=C/C(=O)NOCc2ccccc2)cc1OC. The first-order valence-electron chi connectivity index (χ1n) is 8.67. The van der Waals surface area contributed by atoms with E-state index in [-0.39, 0.29) is 5.91 Å². The summed E-state index contributed by atoms with van der Waals surface area (Å²) in [5.41, 5.74) is 4.22. The zero-order valence-corrected chi connectivity index (χ0v) is 15.2. The van der Waals surface area contributed by atoms with Gasteiger partial charge in [-0.05, 0) is 35.8 Å². The van der Waals surface area contributed by atoms with E-state index in [0.717, 1.165) is 24.0 Å². The van der Waals surface area contributed by atoms with Crippen LogP contribution in [-0.4, -0.2) is 19.6 Å². The molecule has 26 heavy (non-hydrogen) atoms. The molecule has 0 saturated heterocycles. The number of rotatable bonds is 10. The van der Waals surface area contributed by atoms with E-state index in [1.165, 1.54) is 6.08 Å². The second-order valence-corrected chi connectivity index (χ2v) is 5.69. The summed E-state index contributed by atoms with van der Waals surface area (Å²) in [4.78, 5) is 17.0. The molecule has 0 unspecified atom stereocenters. The smallest absolute Gasteiger partial charge is 0.267 e. The summed E-state index contributed by atoms with van der Waals surface area (Å²) in [6.45, 7) is 3.09. The molecule has 0 fully saturated rings. The summed E-state index contributed by atoms with van der Waals surface area (Å²) in [6, 6.07) is 15.2. The van der Waals surface area contributed by atoms with Crippen LogP contribution in [0.2, 0.25) is 0 Å². The number of hydroxylamine groups is 1. The Morgan fingerprint density at radius 3 is 2.65 bits per heavy atom. The van der Waals surface area contributed by atoms with E-state index in [1.54, 1.807) is 13.2 Å². The van der Waals surface area contributed by atoms with Crippen LogP contribution >= 0.6 is 0 Å². The molecule has 1 amide bonds. The Bertz CT molecular complexity index is 713. The van der Waals surface area contributed by atoms with Crippen molar-refractivity contribution in [2.45, 2.75) is 26.4 Å². The lowest BCUT2D eigenvalue weighted by Gasteiger charge is -2.11. The highest BCUT2D eigenvalue weighted by Gasteiger charge is 2.05. The predicted octanol–water partition coefficient (Wildman–Crippen LogP) is 4.14. The van der Waals surface area contributed by atoms with E-state index in [1.807, 2.05) is 48.5 Å². The molecule has 0 heterocycles. The van der Waals surface area contributed by atoms with Crippen molar-refractivity contribution < 1.29 is 19.1 Å². The molecule has 138 valence electrons. The van der Waals surface area contributed by atoms with Crippen molar-refractivity contribution in [2.75, 3.05) is 13.7 Å². The minimum Gasteiger partial charge on any atom is -0.493 e. The Balaban J connectivity index is 1.85. The van der Waals surface area contributed by atoms with Gasteiger partial charge in [0, 0.05) is 6.08 Å². The number of benzene rings is 2. The van der Waals surface area contributed by atoms with Gasteiger partial charge in [0.05, 0.1) is 20.3 Å². The number of hydrogen-bond donors (Lipinski definition) is 1. The van der Waals surface area contributed by atoms with E-state index in [0.29, 0.717) is 24.7 Å². The first kappa shape index (κ1) is 19.5. The predicted molar refractivity (Wildman–Crippen MR) is 102 cm³/mol. The maximum Gasteiger partial charge on any atom is 0.267 e. The number of unbranched alkanes of at least 4 members (excludes halogenated alkanes) is 1. The van der Waals surface area contributed by atoms with Gasteiger partial charge in [-0.15, -0.1) is 0 Å². The molecule has 2 aromatic rings. The molecule has 0 aromatic heterocycles. The number of carbonyl (C=O) groups is 1. The molecular formula is C21H25NO4. The van der Waals surface area contributed by atoms with Crippen LogP contribution in [-0.2, 0) is 16.2 Å². The second kappa shape index (κ2) is 10.9. The monoisotopic (exact) mass is 355 g/mol. The van der Waals surface area contributed by atoms with E-state index < -0.39 is 0 Å². The van der Waals surface area contributed by atoms with E-state index in [2.05, 4.69) is 12.4 Å². The van der Waals surface area contributed by atoms with Crippen molar-refractivity contribution in [2.24, 2.45) is 0 Å². The lowest BCUT2D eigenvalue weighted by atomic mass is 10.2. The number of methoxy groups -OCH3 is 1. The van der Waals surface area contributed by atoms with Crippen molar-refractivity contribution in [1.29, 1.82) is 0 Å². The summed E-state index contributed by atoms with van der Waals surface area (Å²) < 4.78 is 11.0. The first-order chi connectivity index (χ1) is 12.7. The third kappa shape index (κ3) is 6.61. The minimum atomic E-state index is -0.330. The molecule has 2 rings (SSSR count). The highest BCUT2D eigenvalue weighted by atomic mass is 16.6. The van der Waals surface area contributed by atoms with Crippen LogP contribution in [0.5, 0.6) is 11.5 Å². The maximum atomic E-state index is 11.8. The third-order valence-electron chi connectivity index (χ3n) is 3.62. The van der Waals surface area contributed by atoms with Crippen LogP contribution < -0.4 is 15.0 Å². The van der Waals surface area contributed by atoms with E-state index in [4.69, 9.17) is 14.3 Å². The fraction of sp³-hybridized carbons (Fsp3) is 0.286. The van der Waals surface area contributed by atoms with Gasteiger partial charge in [-0.2, -0.15) is 0 Å². The van der Waals surface area contributed by atoms with Crippen LogP contribution in [0.15, 0.2) is 54.6 Å². The van der Waals surface area contributed by atoms with Crippen molar-refractivity contribution in [3.8, 4) is 11.5 Å². The van der Waals surface area contributed by atoms with Crippen molar-refractivity contribution >= 4 is 12.0 Å². The summed E-state index contributed by atoms with van der Waals surface area (Å²) in [6.07, 6.45) is 5.18. The van der Waals surface area contributed by atoms with Gasteiger partial charge in [-0.3, -0.25) is 9.63 Å². The molecule has 5 nitrogen and oxygen atoms in total. The number of ether oxygens (including phenoxy) is 2. The Labute approximate surface area is 154 Å². The number of hydrogen-bond acceptors (Lipinski definition) is 4. The number of carbonyl (C=O) groups excluding carboxylic acids is 1. The highest BCUT2D eigenvalue weighted by molar-refractivity contribution is 5.91. The third-order valence-corrected chi connectivity index (χ3v) is 3.62. The molecule has 0 aliphatic rings. The Hall–Kier alpha value is -2.79. The molecule has 2 aromatic carbocycles. The Morgan fingerprint density at radius 1 is 1.12 bits per heavy atom. The normalized spacial score (nSPS) is 10.7. The summed E-state index contributed by atoms with van der Waals surface area (Å²) >= 11 is 0. The molecule has 0 saturated carbocycles. The molecule has 0 aliphatic heterocycles. The van der Waals surface area contributed by atoms with Crippen molar-refractivity contribution in [3.05, 3.63) is 65.7 Å². The van der Waals surface area contributed by atoms with E-state index in [9.17, 15) is 4.79 Å². The molecule has 0 aliphatic carbocycles. The average Bonchev–Trinajstić information content (AvgIpc) is 2.68. The average molecular weight is 355 g/mol. The van der Waals surface area contributed by atoms with Gasteiger partial charge in [0.25, 0.3) is 5.91 Å². The largest absolute Gasteiger partial charge is 0.493 e. The number of nitrogens with one attached hydrogen (secondary N) is 1.